The van der Waals surface area contributed by atoms with Crippen molar-refractivity contribution in [1.82, 2.24) is 10.6 Å². The molecule has 6 N–H and O–H groups in total. The van der Waals surface area contributed by atoms with E-state index in [-0.39, 0.29) is 17.3 Å². The predicted octanol–water partition coefficient (Wildman–Crippen LogP) is 5.80. The zero-order valence-electron chi connectivity index (χ0n) is 24.8. The highest BCUT2D eigenvalue weighted by molar-refractivity contribution is 6.34. The third kappa shape index (κ3) is 9.14. The first-order valence-electron chi connectivity index (χ1n) is 14.5. The molecule has 0 aromatic heterocycles. The lowest BCUT2D eigenvalue weighted by Gasteiger charge is -2.22. The molecule has 4 rings (SSSR count). The van der Waals surface area contributed by atoms with E-state index in [1.807, 2.05) is 0 Å². The lowest BCUT2D eigenvalue weighted by atomic mass is 9.91. The van der Waals surface area contributed by atoms with Crippen LogP contribution in [0.5, 0.6) is 17.2 Å². The number of benzene rings is 2. The maximum atomic E-state index is 12.5. The molecule has 0 bridgehead atoms. The quantitative estimate of drug-likeness (QED) is 0.181. The molecule has 2 saturated heterocycles. The number of ether oxygens (including phenoxy) is 3. The van der Waals surface area contributed by atoms with Crippen LogP contribution >= 0.6 is 23.2 Å². The standard InChI is InChI=1S/C16H23ClN2O3.C15H21ClN2O2/c1-21-15-11(9-12(17)14(18)16(15)22-2)13(20)4-3-10-5-7-19-8-6-10;1-20-15-9-13(17)12(16)8-11(15)14(19)3-2-10-4-6-18-7-5-10/h9-10,19H,3-8,18H2,1-2H3;8-10,18H,2-7,17H2,1H3. The Kier molecular flexibility index (Phi) is 13.5. The number of carbonyl (C=O) groups excluding carboxylic acids is 2. The van der Waals surface area contributed by atoms with E-state index in [4.69, 9.17) is 48.9 Å². The number of nitrogens with one attached hydrogen (secondary N) is 2. The van der Waals surface area contributed by atoms with Gasteiger partial charge in [-0.2, -0.15) is 0 Å². The van der Waals surface area contributed by atoms with Gasteiger partial charge < -0.3 is 36.3 Å². The number of hydrogen-bond donors (Lipinski definition) is 4. The number of anilines is 2. The maximum absolute atomic E-state index is 12.5. The fourth-order valence-corrected chi connectivity index (χ4v) is 5.83. The SMILES string of the molecule is COc1c(C(=O)CCC2CCNCC2)cc(Cl)c(N)c1OC.COc1cc(N)c(Cl)cc1C(=O)CCC1CCNCC1. The molecule has 2 heterocycles. The van der Waals surface area contributed by atoms with Gasteiger partial charge in [0.15, 0.2) is 23.1 Å². The Labute approximate surface area is 258 Å². The zero-order valence-corrected chi connectivity index (χ0v) is 26.3. The number of nitrogens with two attached hydrogens (primary N) is 2. The first kappa shape index (κ1) is 33.8. The summed E-state index contributed by atoms with van der Waals surface area (Å²) in [6.07, 6.45) is 7.34. The van der Waals surface area contributed by atoms with Crippen LogP contribution in [0, 0.1) is 11.8 Å². The summed E-state index contributed by atoms with van der Waals surface area (Å²) in [4.78, 5) is 24.9. The van der Waals surface area contributed by atoms with Crippen LogP contribution in [0.2, 0.25) is 10.0 Å². The molecule has 0 atom stereocenters. The number of piperidine rings is 2. The van der Waals surface area contributed by atoms with E-state index in [0.717, 1.165) is 64.7 Å². The van der Waals surface area contributed by atoms with Gasteiger partial charge in [0.25, 0.3) is 0 Å². The molecule has 42 heavy (non-hydrogen) atoms. The summed E-state index contributed by atoms with van der Waals surface area (Å²) in [6.45, 7) is 4.17. The van der Waals surface area contributed by atoms with Crippen LogP contribution in [0.4, 0.5) is 11.4 Å². The minimum Gasteiger partial charge on any atom is -0.496 e. The highest BCUT2D eigenvalue weighted by Gasteiger charge is 2.23. The van der Waals surface area contributed by atoms with Crippen LogP contribution in [0.25, 0.3) is 0 Å². The fraction of sp³-hybridized carbons (Fsp3) is 0.548. The zero-order chi connectivity index (χ0) is 30.6. The van der Waals surface area contributed by atoms with E-state index >= 15 is 0 Å². The van der Waals surface area contributed by atoms with Gasteiger partial charge in [0.05, 0.1) is 53.9 Å². The summed E-state index contributed by atoms with van der Waals surface area (Å²) in [6, 6.07) is 4.80. The van der Waals surface area contributed by atoms with Crippen molar-refractivity contribution in [3.63, 3.8) is 0 Å². The maximum Gasteiger partial charge on any atom is 0.186 e. The minimum absolute atomic E-state index is 0.00980. The molecule has 9 nitrogen and oxygen atoms in total. The Morgan fingerprint density at radius 2 is 1.21 bits per heavy atom. The van der Waals surface area contributed by atoms with Crippen molar-refractivity contribution >= 4 is 46.1 Å². The third-order valence-corrected chi connectivity index (χ3v) is 8.67. The molecule has 2 aromatic carbocycles. The second kappa shape index (κ2) is 16.8. The van der Waals surface area contributed by atoms with E-state index in [1.165, 1.54) is 21.3 Å². The molecule has 2 aromatic rings. The van der Waals surface area contributed by atoms with Gasteiger partial charge in [0.2, 0.25) is 0 Å². The average Bonchev–Trinajstić information content (AvgIpc) is 3.02. The largest absolute Gasteiger partial charge is 0.496 e. The van der Waals surface area contributed by atoms with E-state index in [0.29, 0.717) is 68.8 Å². The molecule has 232 valence electrons. The predicted molar refractivity (Wildman–Crippen MR) is 170 cm³/mol. The molecule has 0 radical (unpaired) electrons. The first-order chi connectivity index (χ1) is 20.2. The first-order valence-corrected chi connectivity index (χ1v) is 15.3. The van der Waals surface area contributed by atoms with Crippen molar-refractivity contribution in [2.45, 2.75) is 51.4 Å². The number of halogens is 2. The van der Waals surface area contributed by atoms with Crippen molar-refractivity contribution in [3.05, 3.63) is 39.4 Å². The summed E-state index contributed by atoms with van der Waals surface area (Å²) in [5.74, 6) is 2.50. The van der Waals surface area contributed by atoms with Gasteiger partial charge in [0.1, 0.15) is 5.75 Å². The summed E-state index contributed by atoms with van der Waals surface area (Å²) in [5, 5.41) is 7.37. The van der Waals surface area contributed by atoms with E-state index < -0.39 is 0 Å². The monoisotopic (exact) mass is 622 g/mol. The molecule has 0 amide bonds. The van der Waals surface area contributed by atoms with Gasteiger partial charge in [-0.1, -0.05) is 23.2 Å². The van der Waals surface area contributed by atoms with E-state index in [9.17, 15) is 9.59 Å². The van der Waals surface area contributed by atoms with Gasteiger partial charge >= 0.3 is 0 Å². The lowest BCUT2D eigenvalue weighted by Crippen LogP contribution is -2.28. The van der Waals surface area contributed by atoms with Crippen LogP contribution < -0.4 is 36.3 Å². The lowest BCUT2D eigenvalue weighted by molar-refractivity contribution is 0.0959. The van der Waals surface area contributed by atoms with Gasteiger partial charge in [-0.05, 0) is 88.7 Å². The molecule has 2 aliphatic rings. The number of Topliss-reactive ketones (excluding diaryl/α,β-unsaturated/α-hetero) is 2. The van der Waals surface area contributed by atoms with Gasteiger partial charge in [-0.25, -0.2) is 0 Å². The van der Waals surface area contributed by atoms with Crippen LogP contribution in [0.3, 0.4) is 0 Å². The normalized spacial score (nSPS) is 15.8. The van der Waals surface area contributed by atoms with Crippen LogP contribution in [0.15, 0.2) is 18.2 Å². The number of nitrogen functional groups attached to an aromatic ring is 2. The Hall–Kier alpha value is -2.72. The number of rotatable bonds is 11. The highest BCUT2D eigenvalue weighted by Crippen LogP contribution is 2.42. The molecule has 0 saturated carbocycles. The smallest absolute Gasteiger partial charge is 0.186 e. The summed E-state index contributed by atoms with van der Waals surface area (Å²) >= 11 is 12.1. The van der Waals surface area contributed by atoms with E-state index in [1.54, 1.807) is 18.2 Å². The molecular formula is C31H44Cl2N4O5. The minimum atomic E-state index is 0.00980. The second-order valence-corrected chi connectivity index (χ2v) is 11.6. The van der Waals surface area contributed by atoms with Crippen molar-refractivity contribution in [1.29, 1.82) is 0 Å². The van der Waals surface area contributed by atoms with Crippen molar-refractivity contribution < 1.29 is 23.8 Å². The number of methoxy groups -OCH3 is 3. The number of ketones is 2. The Bertz CT molecular complexity index is 1210. The second-order valence-electron chi connectivity index (χ2n) is 10.8. The third-order valence-electron chi connectivity index (χ3n) is 8.03. The fourth-order valence-electron chi connectivity index (χ4n) is 5.47. The molecule has 2 aliphatic heterocycles. The number of hydrogen-bond acceptors (Lipinski definition) is 9. The summed E-state index contributed by atoms with van der Waals surface area (Å²) < 4.78 is 15.8. The average molecular weight is 624 g/mol. The van der Waals surface area contributed by atoms with Crippen molar-refractivity contribution in [2.24, 2.45) is 11.8 Å². The van der Waals surface area contributed by atoms with Crippen molar-refractivity contribution in [3.8, 4) is 17.2 Å². The van der Waals surface area contributed by atoms with Gasteiger partial charge in [-0.15, -0.1) is 0 Å². The molecule has 0 aliphatic carbocycles. The van der Waals surface area contributed by atoms with E-state index in [2.05, 4.69) is 10.6 Å². The van der Waals surface area contributed by atoms with Gasteiger partial charge in [0, 0.05) is 18.9 Å². The molecule has 0 unspecified atom stereocenters. The van der Waals surface area contributed by atoms with Gasteiger partial charge in [-0.3, -0.25) is 9.59 Å². The molecule has 11 heteroatoms. The molecule has 0 spiro atoms. The summed E-state index contributed by atoms with van der Waals surface area (Å²) in [5.41, 5.74) is 13.3. The van der Waals surface area contributed by atoms with Crippen LogP contribution in [0.1, 0.15) is 72.1 Å². The summed E-state index contributed by atoms with van der Waals surface area (Å²) in [7, 11) is 4.51. The molecular weight excluding hydrogens is 579 g/mol. The Morgan fingerprint density at radius 3 is 1.69 bits per heavy atom. The van der Waals surface area contributed by atoms with Crippen LogP contribution in [-0.4, -0.2) is 59.1 Å². The van der Waals surface area contributed by atoms with Crippen molar-refractivity contribution in [2.75, 3.05) is 59.0 Å². The Morgan fingerprint density at radius 1 is 0.738 bits per heavy atom. The highest BCUT2D eigenvalue weighted by atomic mass is 35.5. The number of carbonyl (C=O) groups is 2. The Balaban J connectivity index is 0.000000231. The topological polar surface area (TPSA) is 138 Å². The van der Waals surface area contributed by atoms with Crippen LogP contribution in [-0.2, 0) is 0 Å². The molecule has 2 fully saturated rings.